The summed E-state index contributed by atoms with van der Waals surface area (Å²) in [7, 11) is 1.29. The van der Waals surface area contributed by atoms with Crippen LogP contribution in [0, 0.1) is 5.92 Å². The van der Waals surface area contributed by atoms with Gasteiger partial charge in [-0.15, -0.1) is 0 Å². The average Bonchev–Trinajstić information content (AvgIpc) is 4.21. The fourth-order valence-electron chi connectivity index (χ4n) is 10.7. The normalized spacial score (nSPS) is 19.1. The van der Waals surface area contributed by atoms with Gasteiger partial charge in [-0.1, -0.05) is 72.8 Å². The van der Waals surface area contributed by atoms with Crippen LogP contribution in [0.4, 0.5) is 9.59 Å². The number of carbonyl (C=O) groups excluding carboxylic acids is 4. The molecule has 10 rings (SSSR count). The number of nitrogens with zero attached hydrogens (tertiary/aromatic N) is 4. The van der Waals surface area contributed by atoms with E-state index in [1.165, 1.54) is 12.7 Å². The van der Waals surface area contributed by atoms with Crippen LogP contribution in [0.15, 0.2) is 91.1 Å². The van der Waals surface area contributed by atoms with Crippen molar-refractivity contribution >= 4 is 34.8 Å². The monoisotopic (exact) mass is 932 g/mol. The van der Waals surface area contributed by atoms with Crippen LogP contribution < -0.4 is 10.6 Å². The van der Waals surface area contributed by atoms with Gasteiger partial charge in [0, 0.05) is 43.1 Å². The van der Waals surface area contributed by atoms with Gasteiger partial charge in [-0.05, 0) is 123 Å². The second kappa shape index (κ2) is 19.2. The van der Waals surface area contributed by atoms with Crippen LogP contribution in [0.3, 0.4) is 0 Å². The molecule has 4 amide bonds. The molecule has 358 valence electrons. The first-order chi connectivity index (χ1) is 33.4. The van der Waals surface area contributed by atoms with Crippen molar-refractivity contribution in [3.8, 4) is 33.6 Å². The van der Waals surface area contributed by atoms with Crippen molar-refractivity contribution in [2.24, 2.45) is 5.92 Å². The molecular weight excluding hydrogens is 873 g/mol. The first kappa shape index (κ1) is 45.8. The lowest BCUT2D eigenvalue weighted by molar-refractivity contribution is -0.137. The number of methoxy groups -OCH3 is 1. The Hall–Kier alpha value is -7.00. The third-order valence-electron chi connectivity index (χ3n) is 14.1. The van der Waals surface area contributed by atoms with Gasteiger partial charge < -0.3 is 44.6 Å². The first-order valence-corrected chi connectivity index (χ1v) is 24.3. The van der Waals surface area contributed by atoms with E-state index in [1.807, 2.05) is 62.2 Å². The van der Waals surface area contributed by atoms with Gasteiger partial charge in [-0.3, -0.25) is 9.59 Å². The molecule has 0 bridgehead atoms. The molecule has 69 heavy (non-hydrogen) atoms. The van der Waals surface area contributed by atoms with E-state index in [0.29, 0.717) is 50.5 Å². The van der Waals surface area contributed by atoms with Gasteiger partial charge in [0.25, 0.3) is 5.91 Å². The number of hydrogen-bond donors (Lipinski definition) is 4. The van der Waals surface area contributed by atoms with Gasteiger partial charge in [-0.2, -0.15) is 0 Å². The highest BCUT2D eigenvalue weighted by Gasteiger charge is 2.41. The Balaban J connectivity index is 0.836. The summed E-state index contributed by atoms with van der Waals surface area (Å²) in [5, 5.41) is 7.89. The molecule has 0 spiro atoms. The smallest absolute Gasteiger partial charge is 0.408 e. The van der Waals surface area contributed by atoms with Crippen LogP contribution in [0.25, 0.3) is 44.4 Å². The number of carbonyl (C=O) groups is 4. The maximum Gasteiger partial charge on any atom is 0.408 e. The number of nitrogens with one attached hydrogen (secondary N) is 4. The fourth-order valence-corrected chi connectivity index (χ4v) is 10.7. The van der Waals surface area contributed by atoms with E-state index >= 15 is 0 Å². The van der Waals surface area contributed by atoms with Gasteiger partial charge in [-0.25, -0.2) is 19.6 Å². The van der Waals surface area contributed by atoms with Crippen LogP contribution in [0.2, 0.25) is 0 Å². The lowest BCUT2D eigenvalue weighted by Gasteiger charge is -2.34. The summed E-state index contributed by atoms with van der Waals surface area (Å²) in [4.78, 5) is 74.6. The quantitative estimate of drug-likeness (QED) is 0.104. The molecule has 3 saturated heterocycles. The number of fused-ring (bicyclic) bond motifs is 4. The zero-order valence-corrected chi connectivity index (χ0v) is 39.7. The number of aromatic amines is 2. The molecule has 0 radical (unpaired) electrons. The number of H-pyrrole nitrogens is 2. The number of aromatic nitrogens is 4. The Kier molecular flexibility index (Phi) is 12.7. The molecule has 4 unspecified atom stereocenters. The maximum atomic E-state index is 14.4. The molecule has 15 heteroatoms. The molecule has 4 atom stereocenters. The third-order valence-corrected chi connectivity index (χ3v) is 14.1. The Bertz CT molecular complexity index is 2880. The molecule has 0 saturated carbocycles. The Morgan fingerprint density at radius 2 is 1.41 bits per heavy atom. The Morgan fingerprint density at radius 3 is 2.13 bits per heavy atom. The minimum Gasteiger partial charge on any atom is -0.453 e. The van der Waals surface area contributed by atoms with Crippen molar-refractivity contribution in [1.29, 1.82) is 0 Å². The number of imidazole rings is 2. The van der Waals surface area contributed by atoms with E-state index in [1.54, 1.807) is 4.90 Å². The number of alkyl carbamates (subject to hydrolysis) is 2. The summed E-state index contributed by atoms with van der Waals surface area (Å²) in [5.41, 5.74) is 8.47. The maximum absolute atomic E-state index is 14.4. The number of benzene rings is 4. The van der Waals surface area contributed by atoms with Gasteiger partial charge in [0.1, 0.15) is 29.3 Å². The lowest BCUT2D eigenvalue weighted by Crippen LogP contribution is -2.54. The van der Waals surface area contributed by atoms with E-state index in [0.717, 1.165) is 94.5 Å². The van der Waals surface area contributed by atoms with E-state index < -0.39 is 29.9 Å². The summed E-state index contributed by atoms with van der Waals surface area (Å²) in [6.07, 6.45) is 6.85. The molecule has 6 aromatic rings. The van der Waals surface area contributed by atoms with Crippen LogP contribution in [-0.4, -0.2) is 98.8 Å². The van der Waals surface area contributed by atoms with E-state index in [9.17, 15) is 19.2 Å². The molecule has 2 aromatic heterocycles. The number of rotatable bonds is 10. The van der Waals surface area contributed by atoms with Crippen LogP contribution in [0.1, 0.15) is 106 Å². The fraction of sp³-hybridized carbons (Fsp3) is 0.407. The molecule has 15 nitrogen and oxygen atoms in total. The molecule has 4 aliphatic rings. The summed E-state index contributed by atoms with van der Waals surface area (Å²) >= 11 is 0. The predicted octanol–water partition coefficient (Wildman–Crippen LogP) is 9.13. The number of ether oxygens (including phenoxy) is 3. The van der Waals surface area contributed by atoms with Crippen molar-refractivity contribution in [2.45, 2.75) is 102 Å². The summed E-state index contributed by atoms with van der Waals surface area (Å²) in [6.45, 7) is 7.73. The highest BCUT2D eigenvalue weighted by molar-refractivity contribution is 5.91. The van der Waals surface area contributed by atoms with Gasteiger partial charge >= 0.3 is 12.2 Å². The van der Waals surface area contributed by atoms with Gasteiger partial charge in [0.05, 0.1) is 36.8 Å². The van der Waals surface area contributed by atoms with Crippen molar-refractivity contribution < 1.29 is 33.4 Å². The van der Waals surface area contributed by atoms with Gasteiger partial charge in [0.15, 0.2) is 0 Å². The van der Waals surface area contributed by atoms with Crippen molar-refractivity contribution in [2.75, 3.05) is 33.4 Å². The standard InChI is InChI=1S/C54H60N8O7/c1-54(2,3)69-53(66)60-46(33-22-26-68-27-23-33)51(64)62-25-9-13-44(62)49-56-41-21-19-38-29-37(18-20-40(38)47(41)58-49)34-14-15-36-30-39(17-16-35(36)28-34)42-31-55-48(57-42)43-12-8-24-61(43)50(63)45(59-52(65)67-4)32-10-6-5-7-11-32/h5-7,10-11,14-18,20,28-31,33,43-46H,8-9,12-13,19,21-27H2,1-4H3,(H,55,57)(H,56,58)(H,59,65)(H,60,66). The number of amides is 4. The first-order valence-electron chi connectivity index (χ1n) is 24.3. The molecule has 3 aliphatic heterocycles. The van der Waals surface area contributed by atoms with E-state index in [2.05, 4.69) is 75.2 Å². The highest BCUT2D eigenvalue weighted by atomic mass is 16.6. The molecule has 4 aromatic carbocycles. The van der Waals surface area contributed by atoms with Crippen LogP contribution in [-0.2, 0) is 36.6 Å². The van der Waals surface area contributed by atoms with Crippen LogP contribution in [0.5, 0.6) is 0 Å². The predicted molar refractivity (Wildman–Crippen MR) is 261 cm³/mol. The van der Waals surface area contributed by atoms with Gasteiger partial charge in [0.2, 0.25) is 5.91 Å². The minimum absolute atomic E-state index is 0.0446. The van der Waals surface area contributed by atoms with Crippen molar-refractivity contribution in [3.05, 3.63) is 120 Å². The van der Waals surface area contributed by atoms with Crippen LogP contribution >= 0.6 is 0 Å². The Morgan fingerprint density at radius 1 is 0.739 bits per heavy atom. The summed E-state index contributed by atoms with van der Waals surface area (Å²) in [6, 6.07) is 26.7. The second-order valence-electron chi connectivity index (χ2n) is 19.7. The highest BCUT2D eigenvalue weighted by Crippen LogP contribution is 2.40. The number of aryl methyl sites for hydroxylation is 2. The minimum atomic E-state index is -0.884. The summed E-state index contributed by atoms with van der Waals surface area (Å²) in [5.74, 6) is 1.16. The summed E-state index contributed by atoms with van der Waals surface area (Å²) < 4.78 is 16.1. The number of hydrogen-bond acceptors (Lipinski definition) is 9. The average molecular weight is 933 g/mol. The molecular formula is C54H60N8O7. The topological polar surface area (TPSA) is 184 Å². The molecule has 4 N–H and O–H groups in total. The van der Waals surface area contributed by atoms with Crippen molar-refractivity contribution in [1.82, 2.24) is 40.4 Å². The zero-order valence-electron chi connectivity index (χ0n) is 39.7. The second-order valence-corrected chi connectivity index (χ2v) is 19.7. The lowest BCUT2D eigenvalue weighted by atomic mass is 9.89. The largest absolute Gasteiger partial charge is 0.453 e. The zero-order chi connectivity index (χ0) is 47.8. The number of likely N-dealkylation sites (tertiary alicyclic amines) is 2. The van der Waals surface area contributed by atoms with Crippen molar-refractivity contribution in [3.63, 3.8) is 0 Å². The third kappa shape index (κ3) is 9.56. The van der Waals surface area contributed by atoms with E-state index in [-0.39, 0.29) is 29.8 Å². The molecule has 1 aliphatic carbocycles. The van der Waals surface area contributed by atoms with E-state index in [4.69, 9.17) is 24.2 Å². The Labute approximate surface area is 401 Å². The SMILES string of the molecule is COC(=O)NC(C(=O)N1CCCC1c1ncc(-c2ccc3cc(-c4ccc5c(c4)CCc4[nH]c(C6CCCN6C(=O)C(NC(=O)OC(C)(C)C)C6CCOCC6)nc4-5)ccc3c2)[nH]1)c1ccccc1. The molecule has 5 heterocycles. The molecule has 3 fully saturated rings.